The van der Waals surface area contributed by atoms with Crippen LogP contribution < -0.4 is 11.3 Å². The van der Waals surface area contributed by atoms with Crippen molar-refractivity contribution in [2.75, 3.05) is 19.5 Å². The number of para-hydroxylation sites is 1. The Kier molecular flexibility index (Phi) is 2.93. The number of hydrogen-bond acceptors (Lipinski definition) is 4. The summed E-state index contributed by atoms with van der Waals surface area (Å²) in [5, 5.41) is 0.894. The summed E-state index contributed by atoms with van der Waals surface area (Å²) in [7, 11) is 3.38. The average molecular weight is 230 g/mol. The highest BCUT2D eigenvalue weighted by atomic mass is 16.2. The first-order valence-corrected chi connectivity index (χ1v) is 5.21. The van der Waals surface area contributed by atoms with Gasteiger partial charge in [-0.05, 0) is 12.1 Å². The van der Waals surface area contributed by atoms with Gasteiger partial charge in [0.2, 0.25) is 0 Å². The molecule has 0 radical (unpaired) electrons. The number of nitrogen functional groups attached to an aromatic ring is 1. The quantitative estimate of drug-likeness (QED) is 0.601. The van der Waals surface area contributed by atoms with Crippen LogP contribution in [0.3, 0.4) is 0 Å². The Hall–Kier alpha value is -2.14. The summed E-state index contributed by atoms with van der Waals surface area (Å²) in [5.74, 6) is 5.31. The Morgan fingerprint density at radius 2 is 2.06 bits per heavy atom. The van der Waals surface area contributed by atoms with Crippen LogP contribution in [-0.4, -0.2) is 29.9 Å². The number of carbonyl (C=O) groups excluding carboxylic acids is 1. The zero-order valence-electron chi connectivity index (χ0n) is 9.77. The van der Waals surface area contributed by atoms with Gasteiger partial charge in [-0.2, -0.15) is 0 Å². The van der Waals surface area contributed by atoms with Gasteiger partial charge in [-0.1, -0.05) is 18.2 Å². The molecule has 0 bridgehead atoms. The number of pyridine rings is 1. The first-order chi connectivity index (χ1) is 8.13. The summed E-state index contributed by atoms with van der Waals surface area (Å²) in [6.45, 7) is 0. The molecule has 88 valence electrons. The number of anilines is 1. The Labute approximate surface area is 99.2 Å². The van der Waals surface area contributed by atoms with Gasteiger partial charge in [0.15, 0.2) is 0 Å². The van der Waals surface area contributed by atoms with E-state index in [1.807, 2.05) is 24.3 Å². The highest BCUT2D eigenvalue weighted by Crippen LogP contribution is 2.22. The van der Waals surface area contributed by atoms with E-state index in [9.17, 15) is 4.79 Å². The molecular formula is C12H14N4O. The molecule has 0 spiro atoms. The van der Waals surface area contributed by atoms with Gasteiger partial charge in [0.05, 0.1) is 11.2 Å². The van der Waals surface area contributed by atoms with E-state index in [1.165, 1.54) is 4.90 Å². The molecule has 2 aromatic rings. The fraction of sp³-hybridized carbons (Fsp3) is 0.167. The maximum atomic E-state index is 11.9. The van der Waals surface area contributed by atoms with Crippen LogP contribution in [0.4, 0.5) is 5.69 Å². The predicted octanol–water partition coefficient (Wildman–Crippen LogP) is 1.22. The van der Waals surface area contributed by atoms with Crippen LogP contribution in [-0.2, 0) is 0 Å². The fourth-order valence-corrected chi connectivity index (χ4v) is 1.63. The summed E-state index contributed by atoms with van der Waals surface area (Å²) >= 11 is 0. The molecule has 0 unspecified atom stereocenters. The first kappa shape index (κ1) is 11.3. The molecule has 17 heavy (non-hydrogen) atoms. The van der Waals surface area contributed by atoms with Crippen molar-refractivity contribution < 1.29 is 4.79 Å². The second kappa shape index (κ2) is 4.39. The van der Waals surface area contributed by atoms with Crippen LogP contribution in [0.5, 0.6) is 0 Å². The van der Waals surface area contributed by atoms with Crippen molar-refractivity contribution in [1.82, 2.24) is 9.88 Å². The molecule has 2 rings (SSSR count). The van der Waals surface area contributed by atoms with Crippen LogP contribution in [0.25, 0.3) is 10.9 Å². The molecule has 0 aliphatic rings. The number of nitrogens with zero attached hydrogens (tertiary/aromatic N) is 2. The summed E-state index contributed by atoms with van der Waals surface area (Å²) in [5.41, 5.74) is 4.41. The maximum absolute atomic E-state index is 11.9. The third-order valence-electron chi connectivity index (χ3n) is 2.50. The highest BCUT2D eigenvalue weighted by molar-refractivity contribution is 5.99. The van der Waals surface area contributed by atoms with Crippen molar-refractivity contribution in [3.8, 4) is 0 Å². The van der Waals surface area contributed by atoms with Crippen molar-refractivity contribution in [2.45, 2.75) is 0 Å². The molecule has 1 amide bonds. The molecule has 1 aromatic heterocycles. The van der Waals surface area contributed by atoms with Crippen LogP contribution in [0.15, 0.2) is 30.3 Å². The molecule has 3 N–H and O–H groups in total. The largest absolute Gasteiger partial charge is 0.343 e. The lowest BCUT2D eigenvalue weighted by molar-refractivity contribution is 0.0822. The lowest BCUT2D eigenvalue weighted by Gasteiger charge is -2.12. The smallest absolute Gasteiger partial charge is 0.272 e. The Morgan fingerprint density at radius 1 is 1.35 bits per heavy atom. The molecule has 0 aliphatic heterocycles. The molecule has 0 fully saturated rings. The SMILES string of the molecule is CN(C)C(=O)c1cc(NN)c2ccccc2n1. The second-order valence-corrected chi connectivity index (χ2v) is 3.92. The lowest BCUT2D eigenvalue weighted by atomic mass is 10.1. The molecule has 1 heterocycles. The number of nitrogens with one attached hydrogen (secondary N) is 1. The van der Waals surface area contributed by atoms with E-state index in [0.29, 0.717) is 11.4 Å². The van der Waals surface area contributed by atoms with Crippen molar-refractivity contribution in [3.63, 3.8) is 0 Å². The Morgan fingerprint density at radius 3 is 2.71 bits per heavy atom. The van der Waals surface area contributed by atoms with Gasteiger partial charge in [-0.3, -0.25) is 10.6 Å². The third kappa shape index (κ3) is 2.05. The van der Waals surface area contributed by atoms with Gasteiger partial charge in [0.1, 0.15) is 5.69 Å². The van der Waals surface area contributed by atoms with Crippen molar-refractivity contribution in [2.24, 2.45) is 5.84 Å². The first-order valence-electron chi connectivity index (χ1n) is 5.21. The Bertz CT molecular complexity index is 565. The number of rotatable bonds is 2. The van der Waals surface area contributed by atoms with Crippen LogP contribution in [0.1, 0.15) is 10.5 Å². The average Bonchev–Trinajstić information content (AvgIpc) is 2.36. The van der Waals surface area contributed by atoms with Gasteiger partial charge in [0, 0.05) is 19.5 Å². The van der Waals surface area contributed by atoms with Crippen LogP contribution >= 0.6 is 0 Å². The second-order valence-electron chi connectivity index (χ2n) is 3.92. The topological polar surface area (TPSA) is 71.2 Å². The third-order valence-corrected chi connectivity index (χ3v) is 2.50. The molecule has 0 saturated carbocycles. The molecule has 1 aromatic carbocycles. The van der Waals surface area contributed by atoms with E-state index in [4.69, 9.17) is 5.84 Å². The number of hydrazine groups is 1. The molecular weight excluding hydrogens is 216 g/mol. The monoisotopic (exact) mass is 230 g/mol. The highest BCUT2D eigenvalue weighted by Gasteiger charge is 2.12. The fourth-order valence-electron chi connectivity index (χ4n) is 1.63. The number of amides is 1. The number of benzene rings is 1. The number of fused-ring (bicyclic) bond motifs is 1. The minimum absolute atomic E-state index is 0.146. The minimum Gasteiger partial charge on any atom is -0.343 e. The van der Waals surface area contributed by atoms with Gasteiger partial charge in [-0.15, -0.1) is 0 Å². The van der Waals surface area contributed by atoms with E-state index in [0.717, 1.165) is 10.9 Å². The number of hydrogen-bond donors (Lipinski definition) is 2. The molecule has 0 saturated heterocycles. The van der Waals surface area contributed by atoms with Gasteiger partial charge in [0.25, 0.3) is 5.91 Å². The number of carbonyl (C=O) groups is 1. The predicted molar refractivity (Wildman–Crippen MR) is 67.6 cm³/mol. The van der Waals surface area contributed by atoms with Crippen molar-refractivity contribution >= 4 is 22.5 Å². The summed E-state index contributed by atoms with van der Waals surface area (Å²) in [6, 6.07) is 9.19. The van der Waals surface area contributed by atoms with E-state index in [-0.39, 0.29) is 5.91 Å². The Balaban J connectivity index is 2.64. The van der Waals surface area contributed by atoms with E-state index in [1.54, 1.807) is 20.2 Å². The van der Waals surface area contributed by atoms with E-state index >= 15 is 0 Å². The van der Waals surface area contributed by atoms with Crippen LogP contribution in [0, 0.1) is 0 Å². The molecule has 0 atom stereocenters. The lowest BCUT2D eigenvalue weighted by Crippen LogP contribution is -2.23. The summed E-state index contributed by atoms with van der Waals surface area (Å²) in [6.07, 6.45) is 0. The molecule has 5 heteroatoms. The molecule has 0 aliphatic carbocycles. The standard InChI is InChI=1S/C12H14N4O/c1-16(2)12(17)11-7-10(15-13)8-5-3-4-6-9(8)14-11/h3-7H,13H2,1-2H3,(H,14,15). The van der Waals surface area contributed by atoms with Gasteiger partial charge >= 0.3 is 0 Å². The summed E-state index contributed by atoms with van der Waals surface area (Å²) < 4.78 is 0. The van der Waals surface area contributed by atoms with E-state index in [2.05, 4.69) is 10.4 Å². The van der Waals surface area contributed by atoms with E-state index < -0.39 is 0 Å². The summed E-state index contributed by atoms with van der Waals surface area (Å²) in [4.78, 5) is 17.7. The normalized spacial score (nSPS) is 10.3. The minimum atomic E-state index is -0.146. The van der Waals surface area contributed by atoms with Crippen LogP contribution in [0.2, 0.25) is 0 Å². The van der Waals surface area contributed by atoms with Crippen molar-refractivity contribution in [3.05, 3.63) is 36.0 Å². The van der Waals surface area contributed by atoms with Gasteiger partial charge in [-0.25, -0.2) is 4.98 Å². The number of aromatic nitrogens is 1. The zero-order chi connectivity index (χ0) is 12.4. The molecule has 5 nitrogen and oxygen atoms in total. The van der Waals surface area contributed by atoms with Crippen molar-refractivity contribution in [1.29, 1.82) is 0 Å². The number of nitrogens with two attached hydrogens (primary N) is 1. The zero-order valence-corrected chi connectivity index (χ0v) is 9.77. The maximum Gasteiger partial charge on any atom is 0.272 e. The van der Waals surface area contributed by atoms with Gasteiger partial charge < -0.3 is 10.3 Å².